The summed E-state index contributed by atoms with van der Waals surface area (Å²) in [7, 11) is 0. The first-order chi connectivity index (χ1) is 8.63. The lowest BCUT2D eigenvalue weighted by atomic mass is 10.0. The van der Waals surface area contributed by atoms with Crippen molar-refractivity contribution in [2.45, 2.75) is 13.3 Å². The highest BCUT2D eigenvalue weighted by Gasteiger charge is 2.17. The van der Waals surface area contributed by atoms with Gasteiger partial charge in [0.25, 0.3) is 0 Å². The zero-order chi connectivity index (χ0) is 13.1. The Labute approximate surface area is 109 Å². The molecule has 0 saturated heterocycles. The molecule has 0 aliphatic rings. The number of aromatic nitrogens is 2. The molecule has 1 aromatic carbocycles. The summed E-state index contributed by atoms with van der Waals surface area (Å²) in [6.45, 7) is 2.06. The first-order valence-electron chi connectivity index (χ1n) is 5.47. The fourth-order valence-corrected chi connectivity index (χ4v) is 1.93. The van der Waals surface area contributed by atoms with Gasteiger partial charge in [-0.15, -0.1) is 5.10 Å². The maximum Gasteiger partial charge on any atom is 0.339 e. The van der Waals surface area contributed by atoms with Crippen LogP contribution in [0.1, 0.15) is 22.8 Å². The number of hydrogen-bond acceptors (Lipinski definition) is 3. The van der Waals surface area contributed by atoms with Crippen molar-refractivity contribution in [1.29, 1.82) is 0 Å². The van der Waals surface area contributed by atoms with Crippen LogP contribution in [-0.4, -0.2) is 21.3 Å². The summed E-state index contributed by atoms with van der Waals surface area (Å²) in [5, 5.41) is 16.3. The summed E-state index contributed by atoms with van der Waals surface area (Å²) >= 11 is 5.78. The normalized spacial score (nSPS) is 10.3. The summed E-state index contributed by atoms with van der Waals surface area (Å²) in [4.78, 5) is 11.2. The maximum absolute atomic E-state index is 11.2. The van der Waals surface area contributed by atoms with Crippen molar-refractivity contribution in [2.75, 3.05) is 0 Å². The topological polar surface area (TPSA) is 63.1 Å². The Morgan fingerprint density at radius 3 is 2.56 bits per heavy atom. The van der Waals surface area contributed by atoms with Crippen LogP contribution in [0.3, 0.4) is 0 Å². The monoisotopic (exact) mass is 262 g/mol. The van der Waals surface area contributed by atoms with Gasteiger partial charge >= 0.3 is 5.97 Å². The molecule has 0 bridgehead atoms. The summed E-state index contributed by atoms with van der Waals surface area (Å²) in [6, 6.07) is 7.63. The number of carboxylic acid groups (broad SMARTS) is 1. The minimum atomic E-state index is -1.11. The molecule has 0 saturated carbocycles. The Morgan fingerprint density at radius 2 is 2.00 bits per heavy atom. The van der Waals surface area contributed by atoms with Crippen LogP contribution in [0.2, 0.25) is 5.15 Å². The van der Waals surface area contributed by atoms with Crippen molar-refractivity contribution in [1.82, 2.24) is 10.2 Å². The van der Waals surface area contributed by atoms with Crippen LogP contribution < -0.4 is 0 Å². The zero-order valence-corrected chi connectivity index (χ0v) is 10.5. The van der Waals surface area contributed by atoms with Gasteiger partial charge in [0.1, 0.15) is 5.56 Å². The molecule has 0 amide bonds. The summed E-state index contributed by atoms with van der Waals surface area (Å²) < 4.78 is 0. The number of halogens is 1. The van der Waals surface area contributed by atoms with Gasteiger partial charge in [0.2, 0.25) is 0 Å². The second kappa shape index (κ2) is 5.14. The molecular weight excluding hydrogens is 252 g/mol. The van der Waals surface area contributed by atoms with Crippen LogP contribution >= 0.6 is 11.6 Å². The number of hydrogen-bond donors (Lipinski definition) is 1. The Balaban J connectivity index is 2.56. The minimum Gasteiger partial charge on any atom is -0.478 e. The van der Waals surface area contributed by atoms with Crippen LogP contribution in [0.4, 0.5) is 0 Å². The molecular formula is C13H11ClN2O2. The van der Waals surface area contributed by atoms with Gasteiger partial charge < -0.3 is 5.11 Å². The quantitative estimate of drug-likeness (QED) is 0.923. The molecule has 0 aliphatic carbocycles. The van der Waals surface area contributed by atoms with E-state index in [-0.39, 0.29) is 10.7 Å². The first kappa shape index (κ1) is 12.5. The zero-order valence-electron chi connectivity index (χ0n) is 9.72. The minimum absolute atomic E-state index is 0.0177. The standard InChI is InChI=1S/C13H11ClN2O2/c1-2-8-3-5-9(6-4-8)10-7-15-16-12(14)11(10)13(17)18/h3-7H,2H2,1H3,(H,17,18). The van der Waals surface area contributed by atoms with Crippen molar-refractivity contribution < 1.29 is 9.90 Å². The van der Waals surface area contributed by atoms with Gasteiger partial charge in [-0.25, -0.2) is 4.79 Å². The molecule has 2 aromatic rings. The van der Waals surface area contributed by atoms with Gasteiger partial charge in [-0.2, -0.15) is 5.10 Å². The highest BCUT2D eigenvalue weighted by atomic mass is 35.5. The second-order valence-electron chi connectivity index (χ2n) is 3.78. The third kappa shape index (κ3) is 2.33. The largest absolute Gasteiger partial charge is 0.478 e. The Morgan fingerprint density at radius 1 is 1.33 bits per heavy atom. The molecule has 0 spiro atoms. The molecule has 0 atom stereocenters. The van der Waals surface area contributed by atoms with E-state index in [0.717, 1.165) is 12.0 Å². The van der Waals surface area contributed by atoms with E-state index in [2.05, 4.69) is 17.1 Å². The summed E-state index contributed by atoms with van der Waals surface area (Å²) in [6.07, 6.45) is 2.34. The molecule has 0 radical (unpaired) electrons. The molecule has 4 nitrogen and oxygen atoms in total. The van der Waals surface area contributed by atoms with Crippen LogP contribution in [0, 0.1) is 0 Å². The number of rotatable bonds is 3. The van der Waals surface area contributed by atoms with E-state index >= 15 is 0 Å². The number of aryl methyl sites for hydroxylation is 1. The predicted molar refractivity (Wildman–Crippen MR) is 68.8 cm³/mol. The average Bonchev–Trinajstić information content (AvgIpc) is 2.38. The third-order valence-corrected chi connectivity index (χ3v) is 2.96. The summed E-state index contributed by atoms with van der Waals surface area (Å²) in [5.74, 6) is -1.11. The van der Waals surface area contributed by atoms with Gasteiger partial charge in [-0.1, -0.05) is 42.8 Å². The lowest BCUT2D eigenvalue weighted by Crippen LogP contribution is -2.03. The van der Waals surface area contributed by atoms with Gasteiger partial charge in [0.15, 0.2) is 5.15 Å². The molecule has 0 aliphatic heterocycles. The molecule has 1 heterocycles. The van der Waals surface area contributed by atoms with Gasteiger partial charge in [0, 0.05) is 5.56 Å². The van der Waals surface area contributed by atoms with Gasteiger partial charge in [-0.3, -0.25) is 0 Å². The lowest BCUT2D eigenvalue weighted by molar-refractivity contribution is 0.0697. The van der Waals surface area contributed by atoms with E-state index < -0.39 is 5.97 Å². The lowest BCUT2D eigenvalue weighted by Gasteiger charge is -2.07. The number of benzene rings is 1. The predicted octanol–water partition coefficient (Wildman–Crippen LogP) is 3.06. The third-order valence-electron chi connectivity index (χ3n) is 2.70. The Kier molecular flexibility index (Phi) is 3.58. The Bertz CT molecular complexity index is 582. The van der Waals surface area contributed by atoms with Crippen LogP contribution in [0.5, 0.6) is 0 Å². The fraction of sp³-hybridized carbons (Fsp3) is 0.154. The molecule has 0 fully saturated rings. The average molecular weight is 263 g/mol. The SMILES string of the molecule is CCc1ccc(-c2cnnc(Cl)c2C(=O)O)cc1. The second-order valence-corrected chi connectivity index (χ2v) is 4.14. The van der Waals surface area contributed by atoms with E-state index in [4.69, 9.17) is 16.7 Å². The van der Waals surface area contributed by atoms with Crippen LogP contribution in [0.25, 0.3) is 11.1 Å². The smallest absolute Gasteiger partial charge is 0.339 e. The van der Waals surface area contributed by atoms with E-state index in [0.29, 0.717) is 5.56 Å². The molecule has 0 unspecified atom stereocenters. The number of nitrogens with zero attached hydrogens (tertiary/aromatic N) is 2. The Hall–Kier alpha value is -1.94. The van der Waals surface area contributed by atoms with E-state index in [1.54, 1.807) is 0 Å². The highest BCUT2D eigenvalue weighted by Crippen LogP contribution is 2.27. The van der Waals surface area contributed by atoms with Crippen molar-refractivity contribution in [3.05, 3.63) is 46.7 Å². The number of carboxylic acids is 1. The maximum atomic E-state index is 11.2. The van der Waals surface area contributed by atoms with Crippen molar-refractivity contribution in [2.24, 2.45) is 0 Å². The van der Waals surface area contributed by atoms with Crippen molar-refractivity contribution in [3.63, 3.8) is 0 Å². The summed E-state index contributed by atoms with van der Waals surface area (Å²) in [5.41, 5.74) is 2.41. The number of carbonyl (C=O) groups is 1. The molecule has 92 valence electrons. The van der Waals surface area contributed by atoms with E-state index in [1.165, 1.54) is 11.8 Å². The molecule has 2 rings (SSSR count). The molecule has 18 heavy (non-hydrogen) atoms. The van der Waals surface area contributed by atoms with Crippen molar-refractivity contribution in [3.8, 4) is 11.1 Å². The highest BCUT2D eigenvalue weighted by molar-refractivity contribution is 6.33. The van der Waals surface area contributed by atoms with Crippen LogP contribution in [0.15, 0.2) is 30.5 Å². The fourth-order valence-electron chi connectivity index (χ4n) is 1.71. The number of aromatic carboxylic acids is 1. The molecule has 1 aromatic heterocycles. The van der Waals surface area contributed by atoms with E-state index in [9.17, 15) is 4.79 Å². The molecule has 1 N–H and O–H groups in total. The molecule has 5 heteroatoms. The van der Waals surface area contributed by atoms with Gasteiger partial charge in [-0.05, 0) is 17.5 Å². The van der Waals surface area contributed by atoms with Crippen molar-refractivity contribution >= 4 is 17.6 Å². The first-order valence-corrected chi connectivity index (χ1v) is 5.85. The van der Waals surface area contributed by atoms with Gasteiger partial charge in [0.05, 0.1) is 6.20 Å². The van der Waals surface area contributed by atoms with Crippen LogP contribution in [-0.2, 0) is 6.42 Å². The van der Waals surface area contributed by atoms with E-state index in [1.807, 2.05) is 24.3 Å².